The number of aromatic nitrogens is 1. The molecule has 1 aliphatic rings. The second-order valence-corrected chi connectivity index (χ2v) is 4.56. The number of pyridine rings is 1. The van der Waals surface area contributed by atoms with Gasteiger partial charge in [-0.1, -0.05) is 6.07 Å². The monoisotopic (exact) mass is 263 g/mol. The lowest BCUT2D eigenvalue weighted by atomic mass is 10.1. The third-order valence-electron chi connectivity index (χ3n) is 3.23. The summed E-state index contributed by atoms with van der Waals surface area (Å²) in [6, 6.07) is 3.38. The number of hydrogen-bond donors (Lipinski definition) is 2. The Morgan fingerprint density at radius 2 is 2.37 bits per heavy atom. The van der Waals surface area contributed by atoms with E-state index in [0.717, 1.165) is 24.8 Å². The van der Waals surface area contributed by atoms with E-state index in [-0.39, 0.29) is 5.91 Å². The molecule has 2 rings (SSSR count). The summed E-state index contributed by atoms with van der Waals surface area (Å²) in [5.74, 6) is -0.199. The molecule has 19 heavy (non-hydrogen) atoms. The van der Waals surface area contributed by atoms with E-state index in [9.17, 15) is 9.59 Å². The first-order valence-corrected chi connectivity index (χ1v) is 6.34. The van der Waals surface area contributed by atoms with Gasteiger partial charge in [0, 0.05) is 25.5 Å². The molecule has 6 heteroatoms. The summed E-state index contributed by atoms with van der Waals surface area (Å²) in [6.45, 7) is 0.821. The summed E-state index contributed by atoms with van der Waals surface area (Å²) in [7, 11) is 0. The third-order valence-corrected chi connectivity index (χ3v) is 3.23. The first-order chi connectivity index (χ1) is 9.18. The highest BCUT2D eigenvalue weighted by atomic mass is 16.4. The molecule has 6 nitrogen and oxygen atoms in total. The van der Waals surface area contributed by atoms with Crippen molar-refractivity contribution < 1.29 is 14.7 Å². The van der Waals surface area contributed by atoms with E-state index in [1.807, 2.05) is 18.3 Å². The van der Waals surface area contributed by atoms with Gasteiger partial charge in [-0.15, -0.1) is 0 Å². The van der Waals surface area contributed by atoms with Crippen molar-refractivity contribution in [2.45, 2.75) is 25.3 Å². The second kappa shape index (κ2) is 6.17. The van der Waals surface area contributed by atoms with Gasteiger partial charge in [0.1, 0.15) is 6.04 Å². The molecular formula is C13H17N3O3. The average Bonchev–Trinajstić information content (AvgIpc) is 2.41. The van der Waals surface area contributed by atoms with Crippen LogP contribution in [-0.2, 0) is 11.2 Å². The summed E-state index contributed by atoms with van der Waals surface area (Å²) in [5, 5.41) is 11.6. The van der Waals surface area contributed by atoms with Crippen molar-refractivity contribution in [2.75, 3.05) is 13.1 Å². The highest BCUT2D eigenvalue weighted by molar-refractivity contribution is 5.90. The predicted molar refractivity (Wildman–Crippen MR) is 68.7 cm³/mol. The van der Waals surface area contributed by atoms with E-state index >= 15 is 0 Å². The number of aryl methyl sites for hydroxylation is 1. The Balaban J connectivity index is 1.74. The summed E-state index contributed by atoms with van der Waals surface area (Å²) >= 11 is 0. The van der Waals surface area contributed by atoms with Crippen LogP contribution >= 0.6 is 0 Å². The zero-order chi connectivity index (χ0) is 13.7. The van der Waals surface area contributed by atoms with Crippen LogP contribution in [0, 0.1) is 0 Å². The Bertz CT molecular complexity index is 450. The van der Waals surface area contributed by atoms with Gasteiger partial charge in [0.15, 0.2) is 0 Å². The number of carbonyl (C=O) groups is 2. The molecule has 2 amide bonds. The standard InChI is InChI=1S/C13H17N3O3/c17-12-11(9-15-12)16(13(18)19)7-2-1-4-10-5-3-6-14-8-10/h3,5-6,8,11H,1-2,4,7,9H2,(H,15,17)(H,18,19)/t11-/m0/s1. The van der Waals surface area contributed by atoms with Crippen molar-refractivity contribution in [3.63, 3.8) is 0 Å². The van der Waals surface area contributed by atoms with Crippen LogP contribution in [0.4, 0.5) is 4.79 Å². The molecule has 0 saturated carbocycles. The molecule has 0 bridgehead atoms. The van der Waals surface area contributed by atoms with Crippen molar-refractivity contribution in [3.05, 3.63) is 30.1 Å². The van der Waals surface area contributed by atoms with Gasteiger partial charge in [-0.3, -0.25) is 14.7 Å². The molecule has 0 aromatic carbocycles. The smallest absolute Gasteiger partial charge is 0.408 e. The van der Waals surface area contributed by atoms with Gasteiger partial charge < -0.3 is 10.4 Å². The van der Waals surface area contributed by atoms with Gasteiger partial charge in [0.2, 0.25) is 5.91 Å². The van der Waals surface area contributed by atoms with Crippen LogP contribution in [0.1, 0.15) is 18.4 Å². The number of β-lactam (4-membered cyclic amide) rings is 1. The van der Waals surface area contributed by atoms with Crippen molar-refractivity contribution in [1.29, 1.82) is 0 Å². The number of unbranched alkanes of at least 4 members (excludes halogenated alkanes) is 1. The minimum atomic E-state index is -1.03. The number of carbonyl (C=O) groups excluding carboxylic acids is 1. The van der Waals surface area contributed by atoms with Crippen LogP contribution < -0.4 is 5.32 Å². The first kappa shape index (κ1) is 13.3. The van der Waals surface area contributed by atoms with E-state index in [1.165, 1.54) is 4.90 Å². The maximum atomic E-state index is 11.2. The van der Waals surface area contributed by atoms with Crippen LogP contribution in [0.25, 0.3) is 0 Å². The number of rotatable bonds is 6. The second-order valence-electron chi connectivity index (χ2n) is 4.56. The fourth-order valence-corrected chi connectivity index (χ4v) is 2.07. The largest absolute Gasteiger partial charge is 0.465 e. The number of carboxylic acid groups (broad SMARTS) is 1. The summed E-state index contributed by atoms with van der Waals surface area (Å²) in [5.41, 5.74) is 1.14. The lowest BCUT2D eigenvalue weighted by molar-refractivity contribution is -0.132. The molecule has 1 aromatic rings. The number of hydrogen-bond acceptors (Lipinski definition) is 3. The van der Waals surface area contributed by atoms with Crippen LogP contribution in [0.2, 0.25) is 0 Å². The molecule has 1 fully saturated rings. The van der Waals surface area contributed by atoms with Crippen molar-refractivity contribution in [2.24, 2.45) is 0 Å². The minimum Gasteiger partial charge on any atom is -0.465 e. The molecule has 0 unspecified atom stereocenters. The fourth-order valence-electron chi connectivity index (χ4n) is 2.07. The zero-order valence-electron chi connectivity index (χ0n) is 10.6. The molecule has 0 aliphatic carbocycles. The topological polar surface area (TPSA) is 82.5 Å². The number of nitrogens with one attached hydrogen (secondary N) is 1. The average molecular weight is 263 g/mol. The Labute approximate surface area is 111 Å². The van der Waals surface area contributed by atoms with Gasteiger partial charge in [0.05, 0.1) is 0 Å². The SMILES string of the molecule is O=C1NC[C@@H]1N(CCCCc1cccnc1)C(=O)O. The molecule has 0 spiro atoms. The van der Waals surface area contributed by atoms with Crippen molar-refractivity contribution in [3.8, 4) is 0 Å². The van der Waals surface area contributed by atoms with Gasteiger partial charge in [-0.2, -0.15) is 0 Å². The van der Waals surface area contributed by atoms with E-state index in [4.69, 9.17) is 5.11 Å². The van der Waals surface area contributed by atoms with E-state index in [2.05, 4.69) is 10.3 Å². The van der Waals surface area contributed by atoms with Gasteiger partial charge >= 0.3 is 6.09 Å². The summed E-state index contributed by atoms with van der Waals surface area (Å²) in [4.78, 5) is 27.5. The molecule has 1 atom stereocenters. The van der Waals surface area contributed by atoms with Gasteiger partial charge in [-0.25, -0.2) is 4.79 Å². The zero-order valence-corrected chi connectivity index (χ0v) is 10.6. The maximum Gasteiger partial charge on any atom is 0.408 e. The predicted octanol–water partition coefficient (Wildman–Crippen LogP) is 0.883. The van der Waals surface area contributed by atoms with Crippen LogP contribution in [0.5, 0.6) is 0 Å². The highest BCUT2D eigenvalue weighted by Crippen LogP contribution is 2.10. The van der Waals surface area contributed by atoms with Gasteiger partial charge in [-0.05, 0) is 30.9 Å². The molecule has 1 aromatic heterocycles. The maximum absolute atomic E-state index is 11.2. The van der Waals surface area contributed by atoms with Crippen LogP contribution in [0.15, 0.2) is 24.5 Å². The van der Waals surface area contributed by atoms with Gasteiger partial charge in [0.25, 0.3) is 0 Å². The molecule has 2 heterocycles. The molecule has 1 saturated heterocycles. The molecule has 102 valence electrons. The molecule has 0 radical (unpaired) electrons. The normalized spacial score (nSPS) is 17.5. The van der Waals surface area contributed by atoms with E-state index in [1.54, 1.807) is 6.20 Å². The summed E-state index contributed by atoms with van der Waals surface area (Å²) in [6.07, 6.45) is 5.01. The van der Waals surface area contributed by atoms with E-state index in [0.29, 0.717) is 13.1 Å². The van der Waals surface area contributed by atoms with Crippen molar-refractivity contribution >= 4 is 12.0 Å². The Morgan fingerprint density at radius 3 is 2.89 bits per heavy atom. The molecule has 2 N–H and O–H groups in total. The lowest BCUT2D eigenvalue weighted by Gasteiger charge is -2.34. The highest BCUT2D eigenvalue weighted by Gasteiger charge is 2.35. The van der Waals surface area contributed by atoms with Crippen LogP contribution in [0.3, 0.4) is 0 Å². The Morgan fingerprint density at radius 1 is 1.53 bits per heavy atom. The van der Waals surface area contributed by atoms with Crippen molar-refractivity contribution in [1.82, 2.24) is 15.2 Å². The quantitative estimate of drug-likeness (QED) is 0.589. The molecular weight excluding hydrogens is 246 g/mol. The third kappa shape index (κ3) is 3.43. The Kier molecular flexibility index (Phi) is 4.33. The summed E-state index contributed by atoms with van der Waals surface area (Å²) < 4.78 is 0. The number of nitrogens with zero attached hydrogens (tertiary/aromatic N) is 2. The Hall–Kier alpha value is -2.11. The van der Waals surface area contributed by atoms with E-state index < -0.39 is 12.1 Å². The molecule has 1 aliphatic heterocycles. The lowest BCUT2D eigenvalue weighted by Crippen LogP contribution is -2.63. The number of amides is 2. The first-order valence-electron chi connectivity index (χ1n) is 6.34. The fraction of sp³-hybridized carbons (Fsp3) is 0.462. The minimum absolute atomic E-state index is 0.199. The van der Waals surface area contributed by atoms with Crippen LogP contribution in [-0.4, -0.2) is 46.1 Å².